The van der Waals surface area contributed by atoms with E-state index in [9.17, 15) is 9.59 Å². The Morgan fingerprint density at radius 1 is 1.04 bits per heavy atom. The number of nitrogens with one attached hydrogen (secondary N) is 2. The quantitative estimate of drug-likeness (QED) is 0.504. The molecule has 23 heavy (non-hydrogen) atoms. The van der Waals surface area contributed by atoms with Crippen molar-refractivity contribution in [2.45, 2.75) is 13.1 Å². The summed E-state index contributed by atoms with van der Waals surface area (Å²) in [4.78, 5) is 23.7. The van der Waals surface area contributed by atoms with Crippen LogP contribution >= 0.6 is 11.6 Å². The number of hydrogen-bond donors (Lipinski definition) is 4. The Kier molecular flexibility index (Phi) is 5.56. The highest BCUT2D eigenvalue weighted by molar-refractivity contribution is 6.41. The third-order valence-electron chi connectivity index (χ3n) is 3.13. The summed E-state index contributed by atoms with van der Waals surface area (Å²) >= 11 is 5.95. The predicted octanol–water partition coefficient (Wildman–Crippen LogP) is 1.64. The molecule has 0 aromatic heterocycles. The van der Waals surface area contributed by atoms with Crippen LogP contribution in [0.5, 0.6) is 0 Å². The van der Waals surface area contributed by atoms with Crippen LogP contribution in [0, 0.1) is 0 Å². The minimum atomic E-state index is -0.799. The third kappa shape index (κ3) is 4.70. The molecule has 0 aliphatic heterocycles. The Balaban J connectivity index is 1.93. The monoisotopic (exact) mass is 332 g/mol. The molecule has 2 aromatic carbocycles. The molecule has 2 aromatic rings. The van der Waals surface area contributed by atoms with Gasteiger partial charge < -0.3 is 22.1 Å². The molecule has 0 spiro atoms. The summed E-state index contributed by atoms with van der Waals surface area (Å²) in [5, 5.41) is 5.24. The van der Waals surface area contributed by atoms with Crippen LogP contribution in [0.25, 0.3) is 0 Å². The first-order chi connectivity index (χ1) is 11.0. The topological polar surface area (TPSA) is 110 Å². The van der Waals surface area contributed by atoms with Crippen LogP contribution in [-0.4, -0.2) is 11.8 Å². The predicted molar refractivity (Wildman–Crippen MR) is 90.7 cm³/mol. The standard InChI is InChI=1S/C16H17ClN4O2/c17-13-7-12(19)4-5-14(13)21-16(23)15(22)20-9-11-3-1-2-10(6-11)8-18/h1-7H,8-9,18-19H2,(H,20,22)(H,21,23). The summed E-state index contributed by atoms with van der Waals surface area (Å²) in [5.74, 6) is -1.55. The number of amides is 2. The molecule has 0 unspecified atom stereocenters. The van der Waals surface area contributed by atoms with Crippen LogP contribution in [0.1, 0.15) is 11.1 Å². The number of hydrogen-bond acceptors (Lipinski definition) is 4. The van der Waals surface area contributed by atoms with Gasteiger partial charge in [-0.1, -0.05) is 35.9 Å². The minimum Gasteiger partial charge on any atom is -0.399 e. The smallest absolute Gasteiger partial charge is 0.313 e. The molecule has 0 saturated carbocycles. The fourth-order valence-corrected chi connectivity index (χ4v) is 2.18. The van der Waals surface area contributed by atoms with Crippen molar-refractivity contribution in [1.29, 1.82) is 0 Å². The van der Waals surface area contributed by atoms with E-state index in [0.29, 0.717) is 17.9 Å². The van der Waals surface area contributed by atoms with Crippen LogP contribution < -0.4 is 22.1 Å². The summed E-state index contributed by atoms with van der Waals surface area (Å²) in [6.07, 6.45) is 0. The van der Waals surface area contributed by atoms with Gasteiger partial charge in [0.2, 0.25) is 0 Å². The van der Waals surface area contributed by atoms with Crippen molar-refractivity contribution in [3.63, 3.8) is 0 Å². The van der Waals surface area contributed by atoms with Crippen molar-refractivity contribution in [2.75, 3.05) is 11.1 Å². The zero-order valence-corrected chi connectivity index (χ0v) is 13.1. The summed E-state index contributed by atoms with van der Waals surface area (Å²) in [5.41, 5.74) is 13.7. The van der Waals surface area contributed by atoms with Crippen LogP contribution in [0.4, 0.5) is 11.4 Å². The lowest BCUT2D eigenvalue weighted by Gasteiger charge is -2.09. The lowest BCUT2D eigenvalue weighted by molar-refractivity contribution is -0.136. The first-order valence-corrected chi connectivity index (χ1v) is 7.29. The van der Waals surface area contributed by atoms with E-state index in [4.69, 9.17) is 23.1 Å². The van der Waals surface area contributed by atoms with Crippen molar-refractivity contribution in [3.8, 4) is 0 Å². The fourth-order valence-electron chi connectivity index (χ4n) is 1.94. The molecule has 0 fully saturated rings. The van der Waals surface area contributed by atoms with E-state index in [2.05, 4.69) is 10.6 Å². The summed E-state index contributed by atoms with van der Waals surface area (Å²) in [6.45, 7) is 0.646. The second-order valence-corrected chi connectivity index (χ2v) is 5.31. The number of halogens is 1. The molecule has 6 nitrogen and oxygen atoms in total. The van der Waals surface area contributed by atoms with E-state index in [-0.39, 0.29) is 11.6 Å². The second-order valence-electron chi connectivity index (χ2n) is 4.90. The minimum absolute atomic E-state index is 0.232. The Labute approximate surface area is 138 Å². The lowest BCUT2D eigenvalue weighted by Crippen LogP contribution is -2.35. The van der Waals surface area contributed by atoms with E-state index >= 15 is 0 Å². The van der Waals surface area contributed by atoms with Crippen LogP contribution in [-0.2, 0) is 22.7 Å². The first-order valence-electron chi connectivity index (χ1n) is 6.91. The van der Waals surface area contributed by atoms with Gasteiger partial charge in [0.1, 0.15) is 0 Å². The van der Waals surface area contributed by atoms with Crippen LogP contribution in [0.2, 0.25) is 5.02 Å². The number of anilines is 2. The number of carbonyl (C=O) groups is 2. The van der Waals surface area contributed by atoms with E-state index in [0.717, 1.165) is 11.1 Å². The normalized spacial score (nSPS) is 10.2. The Hall–Kier alpha value is -2.57. The van der Waals surface area contributed by atoms with Gasteiger partial charge in [-0.15, -0.1) is 0 Å². The molecule has 0 aliphatic rings. The zero-order chi connectivity index (χ0) is 16.8. The Bertz CT molecular complexity index is 734. The van der Waals surface area contributed by atoms with Gasteiger partial charge in [-0.05, 0) is 29.3 Å². The average Bonchev–Trinajstić information content (AvgIpc) is 2.55. The van der Waals surface area contributed by atoms with Crippen molar-refractivity contribution in [2.24, 2.45) is 5.73 Å². The molecule has 0 bridgehead atoms. The van der Waals surface area contributed by atoms with Gasteiger partial charge in [0.25, 0.3) is 0 Å². The van der Waals surface area contributed by atoms with Gasteiger partial charge in [-0.2, -0.15) is 0 Å². The highest BCUT2D eigenvalue weighted by Crippen LogP contribution is 2.23. The first kappa shape index (κ1) is 16.8. The molecule has 0 radical (unpaired) electrons. The highest BCUT2D eigenvalue weighted by Gasteiger charge is 2.14. The van der Waals surface area contributed by atoms with Crippen molar-refractivity contribution >= 4 is 34.8 Å². The molecule has 2 amide bonds. The van der Waals surface area contributed by atoms with Crippen LogP contribution in [0.15, 0.2) is 42.5 Å². The maximum atomic E-state index is 11.9. The fraction of sp³-hybridized carbons (Fsp3) is 0.125. The number of nitrogen functional groups attached to an aromatic ring is 1. The number of rotatable bonds is 4. The second kappa shape index (κ2) is 7.62. The molecule has 0 heterocycles. The van der Waals surface area contributed by atoms with Crippen molar-refractivity contribution in [1.82, 2.24) is 5.32 Å². The number of nitrogens with two attached hydrogens (primary N) is 2. The SMILES string of the molecule is NCc1cccc(CNC(=O)C(=O)Nc2ccc(N)cc2Cl)c1. The molecule has 120 valence electrons. The largest absolute Gasteiger partial charge is 0.399 e. The highest BCUT2D eigenvalue weighted by atomic mass is 35.5. The molecule has 0 atom stereocenters. The van der Waals surface area contributed by atoms with Gasteiger partial charge in [0, 0.05) is 18.8 Å². The van der Waals surface area contributed by atoms with Crippen molar-refractivity contribution in [3.05, 3.63) is 58.6 Å². The van der Waals surface area contributed by atoms with Crippen molar-refractivity contribution < 1.29 is 9.59 Å². The molecular weight excluding hydrogens is 316 g/mol. The van der Waals surface area contributed by atoms with E-state index in [1.54, 1.807) is 6.07 Å². The summed E-state index contributed by atoms with van der Waals surface area (Å²) in [6, 6.07) is 12.1. The van der Waals surface area contributed by atoms with Gasteiger partial charge in [0.15, 0.2) is 0 Å². The molecule has 7 heteroatoms. The lowest BCUT2D eigenvalue weighted by atomic mass is 10.1. The third-order valence-corrected chi connectivity index (χ3v) is 3.44. The van der Waals surface area contributed by atoms with Gasteiger partial charge in [-0.3, -0.25) is 9.59 Å². The molecule has 6 N–H and O–H groups in total. The molecule has 0 aliphatic carbocycles. The Morgan fingerprint density at radius 2 is 1.78 bits per heavy atom. The Morgan fingerprint density at radius 3 is 2.48 bits per heavy atom. The summed E-state index contributed by atoms with van der Waals surface area (Å²) < 4.78 is 0. The molecule has 0 saturated heterocycles. The maximum Gasteiger partial charge on any atom is 0.313 e. The molecule has 2 rings (SSSR count). The van der Waals surface area contributed by atoms with Gasteiger partial charge in [-0.25, -0.2) is 0 Å². The summed E-state index contributed by atoms with van der Waals surface area (Å²) in [7, 11) is 0. The van der Waals surface area contributed by atoms with Gasteiger partial charge in [0.05, 0.1) is 10.7 Å². The maximum absolute atomic E-state index is 11.9. The van der Waals surface area contributed by atoms with E-state index < -0.39 is 11.8 Å². The van der Waals surface area contributed by atoms with Gasteiger partial charge >= 0.3 is 11.8 Å². The van der Waals surface area contributed by atoms with Crippen LogP contribution in [0.3, 0.4) is 0 Å². The number of carbonyl (C=O) groups excluding carboxylic acids is 2. The van der Waals surface area contributed by atoms with E-state index in [1.807, 2.05) is 24.3 Å². The zero-order valence-electron chi connectivity index (χ0n) is 12.3. The average molecular weight is 333 g/mol. The number of benzene rings is 2. The van der Waals surface area contributed by atoms with E-state index in [1.165, 1.54) is 12.1 Å². The molecular formula is C16H17ClN4O2.